The van der Waals surface area contributed by atoms with Crippen LogP contribution in [0.3, 0.4) is 0 Å². The molecule has 0 bridgehead atoms. The van der Waals surface area contributed by atoms with Crippen molar-refractivity contribution in [2.75, 3.05) is 19.7 Å². The van der Waals surface area contributed by atoms with E-state index in [0.717, 1.165) is 41.5 Å². The summed E-state index contributed by atoms with van der Waals surface area (Å²) in [5.74, 6) is 0.491. The summed E-state index contributed by atoms with van der Waals surface area (Å²) in [4.78, 5) is 22.9. The predicted molar refractivity (Wildman–Crippen MR) is 99.4 cm³/mol. The van der Waals surface area contributed by atoms with Crippen LogP contribution in [-0.2, 0) is 11.2 Å². The quantitative estimate of drug-likeness (QED) is 0.767. The van der Waals surface area contributed by atoms with E-state index in [1.165, 1.54) is 0 Å². The van der Waals surface area contributed by atoms with Crippen molar-refractivity contribution in [1.82, 2.24) is 14.9 Å². The highest BCUT2D eigenvalue weighted by molar-refractivity contribution is 9.10. The number of amides is 1. The van der Waals surface area contributed by atoms with Gasteiger partial charge >= 0.3 is 6.01 Å². The highest BCUT2D eigenvalue weighted by atomic mass is 79.9. The summed E-state index contributed by atoms with van der Waals surface area (Å²) < 4.78 is 6.68. The summed E-state index contributed by atoms with van der Waals surface area (Å²) in [6, 6.07) is 8.28. The van der Waals surface area contributed by atoms with Crippen molar-refractivity contribution < 1.29 is 9.53 Å². The van der Waals surface area contributed by atoms with Gasteiger partial charge in [0, 0.05) is 35.9 Å². The molecule has 1 saturated heterocycles. The van der Waals surface area contributed by atoms with Gasteiger partial charge in [0.1, 0.15) is 0 Å². The minimum Gasteiger partial charge on any atom is -0.463 e. The molecule has 1 fully saturated rings. The molecule has 1 aliphatic rings. The van der Waals surface area contributed by atoms with Crippen molar-refractivity contribution in [3.8, 4) is 6.01 Å². The Balaban J connectivity index is 1.52. The Morgan fingerprint density at radius 1 is 1.32 bits per heavy atom. The minimum atomic E-state index is 0.170. The van der Waals surface area contributed by atoms with Crippen molar-refractivity contribution in [3.05, 3.63) is 52.3 Å². The van der Waals surface area contributed by atoms with Gasteiger partial charge in [0.25, 0.3) is 0 Å². The van der Waals surface area contributed by atoms with E-state index >= 15 is 0 Å². The number of carbonyl (C=O) groups excluding carboxylic acids is 1. The van der Waals surface area contributed by atoms with Gasteiger partial charge in [-0.1, -0.05) is 34.1 Å². The number of halogens is 1. The average Bonchev–Trinajstić information content (AvgIpc) is 2.63. The zero-order valence-corrected chi connectivity index (χ0v) is 15.9. The fraction of sp³-hybridized carbons (Fsp3) is 0.421. The van der Waals surface area contributed by atoms with Gasteiger partial charge in [-0.05, 0) is 37.0 Å². The first-order valence-corrected chi connectivity index (χ1v) is 9.34. The number of piperidine rings is 1. The van der Waals surface area contributed by atoms with Crippen molar-refractivity contribution in [1.29, 1.82) is 0 Å². The number of rotatable bonds is 5. The van der Waals surface area contributed by atoms with Crippen LogP contribution in [0.15, 0.2) is 41.1 Å². The molecule has 0 saturated carbocycles. The number of hydrogen-bond acceptors (Lipinski definition) is 4. The van der Waals surface area contributed by atoms with Crippen molar-refractivity contribution in [3.63, 3.8) is 0 Å². The van der Waals surface area contributed by atoms with Crippen LogP contribution in [0.4, 0.5) is 0 Å². The third-order valence-electron chi connectivity index (χ3n) is 4.38. The average molecular weight is 404 g/mol. The second-order valence-corrected chi connectivity index (χ2v) is 7.32. The van der Waals surface area contributed by atoms with Crippen LogP contribution in [0, 0.1) is 12.8 Å². The normalized spacial score (nSPS) is 17.4. The van der Waals surface area contributed by atoms with E-state index in [-0.39, 0.29) is 5.91 Å². The molecule has 3 rings (SSSR count). The maximum absolute atomic E-state index is 12.6. The highest BCUT2D eigenvalue weighted by Crippen LogP contribution is 2.21. The maximum atomic E-state index is 12.6. The molecule has 5 nitrogen and oxygen atoms in total. The van der Waals surface area contributed by atoms with Crippen LogP contribution < -0.4 is 4.74 Å². The third kappa shape index (κ3) is 5.01. The molecular formula is C19H22BrN3O2. The smallest absolute Gasteiger partial charge is 0.316 e. The zero-order chi connectivity index (χ0) is 17.6. The molecule has 1 amide bonds. The summed E-state index contributed by atoms with van der Waals surface area (Å²) in [5.41, 5.74) is 2.03. The monoisotopic (exact) mass is 403 g/mol. The maximum Gasteiger partial charge on any atom is 0.316 e. The number of likely N-dealkylation sites (tertiary alicyclic amines) is 1. The molecular weight excluding hydrogens is 382 g/mol. The Bertz CT molecular complexity index is 721. The number of ether oxygens (including phenoxy) is 1. The summed E-state index contributed by atoms with van der Waals surface area (Å²) in [6.45, 7) is 4.04. The summed E-state index contributed by atoms with van der Waals surface area (Å²) >= 11 is 3.51. The minimum absolute atomic E-state index is 0.170. The summed E-state index contributed by atoms with van der Waals surface area (Å²) in [5, 5.41) is 0. The lowest BCUT2D eigenvalue weighted by atomic mass is 9.98. The Hall–Kier alpha value is -1.95. The molecule has 6 heteroatoms. The van der Waals surface area contributed by atoms with Gasteiger partial charge in [-0.2, -0.15) is 0 Å². The fourth-order valence-corrected chi connectivity index (χ4v) is 3.42. The van der Waals surface area contributed by atoms with E-state index in [0.29, 0.717) is 25.0 Å². The first-order valence-electron chi connectivity index (χ1n) is 8.54. The molecule has 1 aromatic carbocycles. The lowest BCUT2D eigenvalue weighted by Crippen LogP contribution is -2.42. The largest absolute Gasteiger partial charge is 0.463 e. The number of benzene rings is 1. The van der Waals surface area contributed by atoms with Crippen LogP contribution in [0.25, 0.3) is 0 Å². The summed E-state index contributed by atoms with van der Waals surface area (Å²) in [7, 11) is 0. The standard InChI is InChI=1S/C19H22BrN3O2/c1-14-10-21-19(22-11-14)25-13-15-5-4-8-23(12-15)18(24)9-16-6-2-3-7-17(16)20/h2-3,6-7,10-11,15H,4-5,8-9,12-13H2,1H3. The molecule has 2 heterocycles. The molecule has 0 N–H and O–H groups in total. The van der Waals surface area contributed by atoms with E-state index in [2.05, 4.69) is 25.9 Å². The first kappa shape index (κ1) is 17.9. The predicted octanol–water partition coefficient (Wildman–Crippen LogP) is 3.41. The summed E-state index contributed by atoms with van der Waals surface area (Å²) in [6.07, 6.45) is 5.98. The van der Waals surface area contributed by atoms with E-state index < -0.39 is 0 Å². The van der Waals surface area contributed by atoms with Crippen LogP contribution in [0.5, 0.6) is 6.01 Å². The van der Waals surface area contributed by atoms with Gasteiger partial charge in [0.2, 0.25) is 5.91 Å². The molecule has 132 valence electrons. The molecule has 0 aliphatic carbocycles. The molecule has 0 spiro atoms. The van der Waals surface area contributed by atoms with Gasteiger partial charge in [-0.15, -0.1) is 0 Å². The van der Waals surface area contributed by atoms with E-state index in [9.17, 15) is 4.79 Å². The second kappa shape index (κ2) is 8.43. The Labute approximate surface area is 156 Å². The van der Waals surface area contributed by atoms with Gasteiger partial charge < -0.3 is 9.64 Å². The molecule has 2 aromatic rings. The SMILES string of the molecule is Cc1cnc(OCC2CCCN(C(=O)Cc3ccccc3Br)C2)nc1. The van der Waals surface area contributed by atoms with E-state index in [4.69, 9.17) is 4.74 Å². The van der Waals surface area contributed by atoms with Crippen LogP contribution in [0.2, 0.25) is 0 Å². The van der Waals surface area contributed by atoms with Crippen LogP contribution in [-0.4, -0.2) is 40.5 Å². The lowest BCUT2D eigenvalue weighted by molar-refractivity contribution is -0.132. The topological polar surface area (TPSA) is 55.3 Å². The molecule has 0 radical (unpaired) electrons. The molecule has 1 atom stereocenters. The molecule has 1 aromatic heterocycles. The Morgan fingerprint density at radius 3 is 2.84 bits per heavy atom. The van der Waals surface area contributed by atoms with Crippen molar-refractivity contribution >= 4 is 21.8 Å². The zero-order valence-electron chi connectivity index (χ0n) is 14.3. The number of hydrogen-bond donors (Lipinski definition) is 0. The Morgan fingerprint density at radius 2 is 2.08 bits per heavy atom. The van der Waals surface area contributed by atoms with Crippen LogP contribution >= 0.6 is 15.9 Å². The van der Waals surface area contributed by atoms with E-state index in [1.54, 1.807) is 12.4 Å². The second-order valence-electron chi connectivity index (χ2n) is 6.47. The van der Waals surface area contributed by atoms with Gasteiger partial charge in [-0.25, -0.2) is 9.97 Å². The molecule has 25 heavy (non-hydrogen) atoms. The number of aryl methyl sites for hydroxylation is 1. The number of aromatic nitrogens is 2. The third-order valence-corrected chi connectivity index (χ3v) is 5.15. The van der Waals surface area contributed by atoms with Crippen molar-refractivity contribution in [2.24, 2.45) is 5.92 Å². The van der Waals surface area contributed by atoms with Crippen molar-refractivity contribution in [2.45, 2.75) is 26.2 Å². The lowest BCUT2D eigenvalue weighted by Gasteiger charge is -2.32. The van der Waals surface area contributed by atoms with Gasteiger partial charge in [0.05, 0.1) is 13.0 Å². The van der Waals surface area contributed by atoms with Crippen LogP contribution in [0.1, 0.15) is 24.0 Å². The van der Waals surface area contributed by atoms with Gasteiger partial charge in [0.15, 0.2) is 0 Å². The fourth-order valence-electron chi connectivity index (χ4n) is 2.99. The van der Waals surface area contributed by atoms with E-state index in [1.807, 2.05) is 36.1 Å². The number of carbonyl (C=O) groups is 1. The first-order chi connectivity index (χ1) is 12.1. The Kier molecular flexibility index (Phi) is 6.02. The number of nitrogens with zero attached hydrogens (tertiary/aromatic N) is 3. The molecule has 1 aliphatic heterocycles. The van der Waals surface area contributed by atoms with Gasteiger partial charge in [-0.3, -0.25) is 4.79 Å². The highest BCUT2D eigenvalue weighted by Gasteiger charge is 2.24. The molecule has 1 unspecified atom stereocenters.